The average Bonchev–Trinajstić information content (AvgIpc) is 3.20. The van der Waals surface area contributed by atoms with E-state index in [0.29, 0.717) is 22.4 Å². The first-order chi connectivity index (χ1) is 12.5. The Hall–Kier alpha value is -2.25. The maximum atomic E-state index is 12.5. The standard InChI is InChI=1S/C18H19ClN4O2S/c1-4-23-16(15-8-9-25-11(15)2)21-22-18(23)26-12(3)17(24)20-14-7-5-6-13(19)10-14/h5-10,12H,4H2,1-3H3,(H,20,24)/t12-/m0/s1. The summed E-state index contributed by atoms with van der Waals surface area (Å²) in [7, 11) is 0. The van der Waals surface area contributed by atoms with Gasteiger partial charge in [-0.25, -0.2) is 0 Å². The number of halogens is 1. The zero-order valence-corrected chi connectivity index (χ0v) is 16.3. The highest BCUT2D eigenvalue weighted by Gasteiger charge is 2.21. The Morgan fingerprint density at radius 3 is 2.85 bits per heavy atom. The minimum Gasteiger partial charge on any atom is -0.469 e. The van der Waals surface area contributed by atoms with E-state index in [1.165, 1.54) is 11.8 Å². The first kappa shape index (κ1) is 18.5. The van der Waals surface area contributed by atoms with E-state index in [1.54, 1.807) is 30.5 Å². The summed E-state index contributed by atoms with van der Waals surface area (Å²) < 4.78 is 7.34. The fourth-order valence-electron chi connectivity index (χ4n) is 2.50. The van der Waals surface area contributed by atoms with Crippen LogP contribution in [0.5, 0.6) is 0 Å². The van der Waals surface area contributed by atoms with E-state index in [4.69, 9.17) is 16.0 Å². The third-order valence-electron chi connectivity index (χ3n) is 3.88. The minimum atomic E-state index is -0.346. The number of anilines is 1. The molecular weight excluding hydrogens is 372 g/mol. The number of hydrogen-bond donors (Lipinski definition) is 1. The predicted octanol–water partition coefficient (Wildman–Crippen LogP) is 4.64. The lowest BCUT2D eigenvalue weighted by atomic mass is 10.2. The average molecular weight is 391 g/mol. The largest absolute Gasteiger partial charge is 0.469 e. The Labute approximate surface area is 160 Å². The van der Waals surface area contributed by atoms with Crippen molar-refractivity contribution < 1.29 is 9.21 Å². The molecule has 1 amide bonds. The highest BCUT2D eigenvalue weighted by molar-refractivity contribution is 8.00. The van der Waals surface area contributed by atoms with Crippen LogP contribution in [0.4, 0.5) is 5.69 Å². The lowest BCUT2D eigenvalue weighted by molar-refractivity contribution is -0.115. The summed E-state index contributed by atoms with van der Waals surface area (Å²) in [5, 5.41) is 12.3. The molecule has 0 aliphatic carbocycles. The van der Waals surface area contributed by atoms with Gasteiger partial charge in [-0.05, 0) is 45.0 Å². The van der Waals surface area contributed by atoms with Crippen LogP contribution >= 0.6 is 23.4 Å². The molecule has 0 saturated heterocycles. The van der Waals surface area contributed by atoms with Crippen LogP contribution in [-0.2, 0) is 11.3 Å². The number of aryl methyl sites for hydroxylation is 1. The summed E-state index contributed by atoms with van der Waals surface area (Å²) in [5.41, 5.74) is 1.57. The van der Waals surface area contributed by atoms with Crippen molar-refractivity contribution in [2.45, 2.75) is 37.7 Å². The molecule has 1 N–H and O–H groups in total. The van der Waals surface area contributed by atoms with E-state index < -0.39 is 0 Å². The molecule has 8 heteroatoms. The molecule has 0 radical (unpaired) electrons. The number of aromatic nitrogens is 3. The second-order valence-electron chi connectivity index (χ2n) is 5.70. The molecule has 3 aromatic rings. The van der Waals surface area contributed by atoms with Gasteiger partial charge in [0, 0.05) is 17.3 Å². The molecule has 0 unspecified atom stereocenters. The number of nitrogens with one attached hydrogen (secondary N) is 1. The number of carbonyl (C=O) groups excluding carboxylic acids is 1. The molecule has 26 heavy (non-hydrogen) atoms. The molecule has 2 heterocycles. The van der Waals surface area contributed by atoms with Crippen molar-refractivity contribution in [1.82, 2.24) is 14.8 Å². The molecule has 0 fully saturated rings. The van der Waals surface area contributed by atoms with E-state index in [-0.39, 0.29) is 11.2 Å². The van der Waals surface area contributed by atoms with Crippen LogP contribution in [0, 0.1) is 6.92 Å². The molecule has 3 rings (SSSR count). The van der Waals surface area contributed by atoms with Crippen LogP contribution in [0.25, 0.3) is 11.4 Å². The summed E-state index contributed by atoms with van der Waals surface area (Å²) in [6.07, 6.45) is 1.63. The van der Waals surface area contributed by atoms with Crippen LogP contribution in [0.1, 0.15) is 19.6 Å². The number of benzene rings is 1. The first-order valence-corrected chi connectivity index (χ1v) is 9.46. The maximum absolute atomic E-state index is 12.5. The summed E-state index contributed by atoms with van der Waals surface area (Å²) in [4.78, 5) is 12.5. The Morgan fingerprint density at radius 2 is 2.19 bits per heavy atom. The number of nitrogens with zero attached hydrogens (tertiary/aromatic N) is 3. The quantitative estimate of drug-likeness (QED) is 0.620. The molecule has 6 nitrogen and oxygen atoms in total. The number of carbonyl (C=O) groups is 1. The monoisotopic (exact) mass is 390 g/mol. The fraction of sp³-hybridized carbons (Fsp3) is 0.278. The number of amides is 1. The second-order valence-corrected chi connectivity index (χ2v) is 7.44. The van der Waals surface area contributed by atoms with Gasteiger partial charge >= 0.3 is 0 Å². The lowest BCUT2D eigenvalue weighted by Crippen LogP contribution is -2.22. The number of hydrogen-bond acceptors (Lipinski definition) is 5. The molecule has 1 atom stereocenters. The van der Waals surface area contributed by atoms with Gasteiger partial charge in [0.05, 0.1) is 17.1 Å². The molecular formula is C18H19ClN4O2S. The molecule has 0 bridgehead atoms. The summed E-state index contributed by atoms with van der Waals surface area (Å²) in [6.45, 7) is 6.43. The number of furan rings is 1. The highest BCUT2D eigenvalue weighted by atomic mass is 35.5. The van der Waals surface area contributed by atoms with Crippen molar-refractivity contribution in [2.75, 3.05) is 5.32 Å². The molecule has 1 aromatic carbocycles. The first-order valence-electron chi connectivity index (χ1n) is 8.20. The van der Waals surface area contributed by atoms with Crippen LogP contribution in [-0.4, -0.2) is 25.9 Å². The summed E-state index contributed by atoms with van der Waals surface area (Å²) >= 11 is 7.32. The van der Waals surface area contributed by atoms with Crippen molar-refractivity contribution in [3.63, 3.8) is 0 Å². The predicted molar refractivity (Wildman–Crippen MR) is 104 cm³/mol. The van der Waals surface area contributed by atoms with Gasteiger partial charge in [0.15, 0.2) is 11.0 Å². The molecule has 0 saturated carbocycles. The van der Waals surface area contributed by atoms with Gasteiger partial charge in [-0.1, -0.05) is 29.4 Å². The van der Waals surface area contributed by atoms with Gasteiger partial charge in [-0.15, -0.1) is 10.2 Å². The van der Waals surface area contributed by atoms with E-state index >= 15 is 0 Å². The zero-order valence-electron chi connectivity index (χ0n) is 14.7. The van der Waals surface area contributed by atoms with Crippen molar-refractivity contribution in [2.24, 2.45) is 0 Å². The molecule has 0 aliphatic heterocycles. The van der Waals surface area contributed by atoms with Crippen molar-refractivity contribution in [3.05, 3.63) is 47.4 Å². The Bertz CT molecular complexity index is 922. The molecule has 0 aliphatic rings. The lowest BCUT2D eigenvalue weighted by Gasteiger charge is -2.13. The summed E-state index contributed by atoms with van der Waals surface area (Å²) in [5.74, 6) is 1.41. The second kappa shape index (κ2) is 7.97. The van der Waals surface area contributed by atoms with E-state index in [2.05, 4.69) is 15.5 Å². The third-order valence-corrected chi connectivity index (χ3v) is 5.19. The topological polar surface area (TPSA) is 73.0 Å². The van der Waals surface area contributed by atoms with Gasteiger partial charge in [0.2, 0.25) is 5.91 Å². The van der Waals surface area contributed by atoms with Crippen molar-refractivity contribution in [3.8, 4) is 11.4 Å². The van der Waals surface area contributed by atoms with Crippen LogP contribution in [0.15, 0.2) is 46.2 Å². The van der Waals surface area contributed by atoms with Gasteiger partial charge in [-0.2, -0.15) is 0 Å². The van der Waals surface area contributed by atoms with Crippen LogP contribution in [0.2, 0.25) is 5.02 Å². The molecule has 136 valence electrons. The van der Waals surface area contributed by atoms with Gasteiger partial charge in [-0.3, -0.25) is 4.79 Å². The van der Waals surface area contributed by atoms with E-state index in [1.807, 2.05) is 31.4 Å². The Balaban J connectivity index is 1.75. The van der Waals surface area contributed by atoms with Crippen molar-refractivity contribution in [1.29, 1.82) is 0 Å². The SMILES string of the molecule is CCn1c(S[C@@H](C)C(=O)Nc2cccc(Cl)c2)nnc1-c1ccoc1C. The Morgan fingerprint density at radius 1 is 1.38 bits per heavy atom. The summed E-state index contributed by atoms with van der Waals surface area (Å²) in [6, 6.07) is 8.94. The van der Waals surface area contributed by atoms with Crippen molar-refractivity contribution >= 4 is 35.0 Å². The van der Waals surface area contributed by atoms with Crippen LogP contribution in [0.3, 0.4) is 0 Å². The minimum absolute atomic E-state index is 0.121. The molecule has 2 aromatic heterocycles. The normalized spacial score (nSPS) is 12.2. The fourth-order valence-corrected chi connectivity index (χ4v) is 3.60. The number of thioether (sulfide) groups is 1. The number of rotatable bonds is 6. The van der Waals surface area contributed by atoms with Gasteiger partial charge < -0.3 is 14.3 Å². The van der Waals surface area contributed by atoms with Gasteiger partial charge in [0.1, 0.15) is 5.76 Å². The maximum Gasteiger partial charge on any atom is 0.237 e. The Kier molecular flexibility index (Phi) is 5.68. The third kappa shape index (κ3) is 3.94. The molecule has 0 spiro atoms. The van der Waals surface area contributed by atoms with E-state index in [9.17, 15) is 4.79 Å². The highest BCUT2D eigenvalue weighted by Crippen LogP contribution is 2.29. The van der Waals surface area contributed by atoms with Gasteiger partial charge in [0.25, 0.3) is 0 Å². The van der Waals surface area contributed by atoms with E-state index in [0.717, 1.165) is 17.1 Å². The smallest absolute Gasteiger partial charge is 0.237 e. The van der Waals surface area contributed by atoms with Crippen LogP contribution < -0.4 is 5.32 Å². The zero-order chi connectivity index (χ0) is 18.7.